The van der Waals surface area contributed by atoms with Gasteiger partial charge in [-0.05, 0) is 62.2 Å². The summed E-state index contributed by atoms with van der Waals surface area (Å²) in [6.07, 6.45) is 6.62. The molecule has 30 heavy (non-hydrogen) atoms. The Bertz CT molecular complexity index is 987. The topological polar surface area (TPSA) is 89.0 Å². The zero-order valence-corrected chi connectivity index (χ0v) is 16.8. The molecule has 1 atom stereocenters. The lowest BCUT2D eigenvalue weighted by molar-refractivity contribution is -0.150. The molecule has 0 aliphatic carbocycles. The molecule has 156 valence electrons. The Morgan fingerprint density at radius 1 is 1.33 bits per heavy atom. The fraction of sp³-hybridized carbons (Fsp3) is 0.348. The largest absolute Gasteiger partial charge is 0.507 e. The molecule has 7 heteroatoms. The van der Waals surface area contributed by atoms with E-state index in [-0.39, 0.29) is 29.2 Å². The van der Waals surface area contributed by atoms with Crippen LogP contribution in [0.2, 0.25) is 0 Å². The Balaban J connectivity index is 1.56. The van der Waals surface area contributed by atoms with E-state index in [9.17, 15) is 14.7 Å². The number of aromatic nitrogens is 1. The number of ketones is 1. The highest BCUT2D eigenvalue weighted by atomic mass is 16.5. The number of nitrogens with zero attached hydrogens (tertiary/aromatic N) is 2. The van der Waals surface area contributed by atoms with Crippen LogP contribution in [0.1, 0.15) is 41.3 Å². The Hall–Kier alpha value is -3.19. The minimum absolute atomic E-state index is 0.0740. The minimum Gasteiger partial charge on any atom is -0.507 e. The number of piperidine rings is 1. The van der Waals surface area contributed by atoms with Gasteiger partial charge >= 0.3 is 5.97 Å². The van der Waals surface area contributed by atoms with Gasteiger partial charge in [-0.25, -0.2) is 0 Å². The molecule has 4 rings (SSSR count). The number of phenolic OH excluding ortho intramolecular Hbond substituents is 1. The van der Waals surface area contributed by atoms with E-state index in [4.69, 9.17) is 9.47 Å². The van der Waals surface area contributed by atoms with Crippen LogP contribution in [-0.2, 0) is 16.1 Å². The van der Waals surface area contributed by atoms with E-state index in [1.165, 1.54) is 6.07 Å². The molecule has 1 N–H and O–H groups in total. The van der Waals surface area contributed by atoms with E-state index in [1.54, 1.807) is 43.6 Å². The van der Waals surface area contributed by atoms with Crippen LogP contribution < -0.4 is 4.74 Å². The van der Waals surface area contributed by atoms with Crippen molar-refractivity contribution in [3.8, 4) is 11.5 Å². The smallest absolute Gasteiger partial charge is 0.310 e. The van der Waals surface area contributed by atoms with Gasteiger partial charge in [-0.3, -0.25) is 19.5 Å². The number of esters is 1. The molecule has 0 spiro atoms. The van der Waals surface area contributed by atoms with Crippen molar-refractivity contribution in [1.29, 1.82) is 0 Å². The number of pyridine rings is 1. The van der Waals surface area contributed by atoms with Crippen molar-refractivity contribution in [3.63, 3.8) is 0 Å². The highest BCUT2D eigenvalue weighted by Gasteiger charge is 2.33. The molecule has 0 radical (unpaired) electrons. The van der Waals surface area contributed by atoms with Crippen LogP contribution >= 0.6 is 0 Å². The quantitative estimate of drug-likeness (QED) is 0.600. The maximum absolute atomic E-state index is 12.8. The second-order valence-electron chi connectivity index (χ2n) is 7.49. The molecule has 0 amide bonds. The third-order valence-corrected chi connectivity index (χ3v) is 5.43. The summed E-state index contributed by atoms with van der Waals surface area (Å²) >= 11 is 0. The summed E-state index contributed by atoms with van der Waals surface area (Å²) < 4.78 is 11.1. The van der Waals surface area contributed by atoms with Gasteiger partial charge in [-0.15, -0.1) is 0 Å². The summed E-state index contributed by atoms with van der Waals surface area (Å²) in [6, 6.07) is 6.68. The molecule has 0 saturated carbocycles. The van der Waals surface area contributed by atoms with Gasteiger partial charge in [-0.1, -0.05) is 0 Å². The Labute approximate surface area is 174 Å². The summed E-state index contributed by atoms with van der Waals surface area (Å²) in [5.74, 6) is 0.0988. The first kappa shape index (κ1) is 20.1. The second-order valence-corrected chi connectivity index (χ2v) is 7.49. The fourth-order valence-corrected chi connectivity index (χ4v) is 3.94. The number of hydrogen-bond donors (Lipinski definition) is 1. The highest BCUT2D eigenvalue weighted by Crippen LogP contribution is 2.40. The zero-order valence-electron chi connectivity index (χ0n) is 16.8. The average Bonchev–Trinajstić information content (AvgIpc) is 3.07. The molecule has 1 saturated heterocycles. The number of ether oxygens (including phenoxy) is 2. The van der Waals surface area contributed by atoms with Crippen LogP contribution in [0, 0.1) is 5.92 Å². The minimum atomic E-state index is -0.217. The number of allylic oxidation sites excluding steroid dienone is 1. The summed E-state index contributed by atoms with van der Waals surface area (Å²) in [5, 5.41) is 10.5. The maximum Gasteiger partial charge on any atom is 0.310 e. The van der Waals surface area contributed by atoms with E-state index in [0.717, 1.165) is 24.9 Å². The summed E-state index contributed by atoms with van der Waals surface area (Å²) in [5.41, 5.74) is 1.80. The van der Waals surface area contributed by atoms with Crippen LogP contribution in [0.3, 0.4) is 0 Å². The number of Topliss-reactive ketones (excluding diaryl/α,β-unsaturated/α-hetero) is 1. The predicted molar refractivity (Wildman–Crippen MR) is 110 cm³/mol. The number of benzene rings is 1. The molecule has 2 aromatic rings. The SMILES string of the molecule is CCOC(=O)C1CCCN(Cc2c(O)ccc3c2O/C(=C\c2ccncc2)C3=O)C1. The van der Waals surface area contributed by atoms with Crippen molar-refractivity contribution >= 4 is 17.8 Å². The predicted octanol–water partition coefficient (Wildman–Crippen LogP) is 3.18. The number of phenols is 1. The van der Waals surface area contributed by atoms with Crippen molar-refractivity contribution < 1.29 is 24.2 Å². The lowest BCUT2D eigenvalue weighted by Crippen LogP contribution is -2.39. The van der Waals surface area contributed by atoms with Gasteiger partial charge in [0, 0.05) is 25.5 Å². The third-order valence-electron chi connectivity index (χ3n) is 5.43. The molecule has 1 aromatic carbocycles. The molecule has 3 heterocycles. The van der Waals surface area contributed by atoms with Crippen molar-refractivity contribution in [2.24, 2.45) is 5.92 Å². The lowest BCUT2D eigenvalue weighted by atomic mass is 9.97. The van der Waals surface area contributed by atoms with E-state index in [2.05, 4.69) is 9.88 Å². The monoisotopic (exact) mass is 408 g/mol. The van der Waals surface area contributed by atoms with Crippen molar-refractivity contribution in [1.82, 2.24) is 9.88 Å². The van der Waals surface area contributed by atoms with Crippen molar-refractivity contribution in [2.75, 3.05) is 19.7 Å². The first-order valence-corrected chi connectivity index (χ1v) is 10.1. The summed E-state index contributed by atoms with van der Waals surface area (Å²) in [4.78, 5) is 31.0. The third kappa shape index (κ3) is 4.07. The Morgan fingerprint density at radius 2 is 2.13 bits per heavy atom. The highest BCUT2D eigenvalue weighted by molar-refractivity contribution is 6.15. The van der Waals surface area contributed by atoms with Gasteiger partial charge in [0.2, 0.25) is 5.78 Å². The van der Waals surface area contributed by atoms with Crippen LogP contribution in [-0.4, -0.2) is 46.4 Å². The van der Waals surface area contributed by atoms with Gasteiger partial charge in [0.15, 0.2) is 5.76 Å². The Kier molecular flexibility index (Phi) is 5.81. The molecule has 1 unspecified atom stereocenters. The van der Waals surface area contributed by atoms with Crippen molar-refractivity contribution in [2.45, 2.75) is 26.3 Å². The van der Waals surface area contributed by atoms with Crippen LogP contribution in [0.4, 0.5) is 0 Å². The standard InChI is InChI=1S/C23H24N2O5/c1-2-29-23(28)16-4-3-11-25(13-16)14-18-19(26)6-5-17-21(27)20(30-22(17)18)12-15-7-9-24-10-8-15/h5-10,12,16,26H,2-4,11,13-14H2,1H3/b20-12-. The number of carbonyl (C=O) groups is 2. The van der Waals surface area contributed by atoms with E-state index < -0.39 is 0 Å². The van der Waals surface area contributed by atoms with Gasteiger partial charge in [0.1, 0.15) is 11.5 Å². The van der Waals surface area contributed by atoms with E-state index in [1.807, 2.05) is 0 Å². The maximum atomic E-state index is 12.8. The number of aromatic hydroxyl groups is 1. The zero-order chi connectivity index (χ0) is 21.1. The fourth-order valence-electron chi connectivity index (χ4n) is 3.94. The number of rotatable bonds is 5. The van der Waals surface area contributed by atoms with Gasteiger partial charge in [-0.2, -0.15) is 0 Å². The molecule has 1 aromatic heterocycles. The van der Waals surface area contributed by atoms with E-state index >= 15 is 0 Å². The van der Waals surface area contributed by atoms with Gasteiger partial charge < -0.3 is 14.6 Å². The number of likely N-dealkylation sites (tertiary alicyclic amines) is 1. The number of hydrogen-bond acceptors (Lipinski definition) is 7. The molecule has 0 bridgehead atoms. The van der Waals surface area contributed by atoms with Crippen LogP contribution in [0.15, 0.2) is 42.4 Å². The Morgan fingerprint density at radius 3 is 2.90 bits per heavy atom. The summed E-state index contributed by atoms with van der Waals surface area (Å²) in [6.45, 7) is 3.91. The molecular weight excluding hydrogens is 384 g/mol. The molecular formula is C23H24N2O5. The molecule has 7 nitrogen and oxygen atoms in total. The van der Waals surface area contributed by atoms with Crippen LogP contribution in [0.25, 0.3) is 6.08 Å². The van der Waals surface area contributed by atoms with E-state index in [0.29, 0.717) is 36.6 Å². The van der Waals surface area contributed by atoms with Crippen LogP contribution in [0.5, 0.6) is 11.5 Å². The normalized spacial score (nSPS) is 20.1. The number of carbonyl (C=O) groups excluding carboxylic acids is 2. The number of fused-ring (bicyclic) bond motifs is 1. The average molecular weight is 408 g/mol. The summed E-state index contributed by atoms with van der Waals surface area (Å²) in [7, 11) is 0. The first-order valence-electron chi connectivity index (χ1n) is 10.1. The molecule has 1 fully saturated rings. The van der Waals surface area contributed by atoms with Gasteiger partial charge in [0.05, 0.1) is 23.7 Å². The molecule has 2 aliphatic rings. The van der Waals surface area contributed by atoms with Gasteiger partial charge in [0.25, 0.3) is 0 Å². The lowest BCUT2D eigenvalue weighted by Gasteiger charge is -2.31. The van der Waals surface area contributed by atoms with Crippen molar-refractivity contribution in [3.05, 3.63) is 59.1 Å². The first-order chi connectivity index (χ1) is 14.6. The molecule has 2 aliphatic heterocycles. The second kappa shape index (κ2) is 8.67.